The second kappa shape index (κ2) is 12.4. The third-order valence-electron chi connectivity index (χ3n) is 4.25. The maximum atomic E-state index is 12.3. The third-order valence-corrected chi connectivity index (χ3v) is 4.25. The van der Waals surface area contributed by atoms with Crippen LogP contribution in [0.2, 0.25) is 0 Å². The molecular weight excluding hydrogens is 378 g/mol. The minimum atomic E-state index is -0.833. The third kappa shape index (κ3) is 9.65. The van der Waals surface area contributed by atoms with E-state index in [1.54, 1.807) is 29.4 Å². The summed E-state index contributed by atoms with van der Waals surface area (Å²) in [7, 11) is 0. The highest BCUT2D eigenvalue weighted by molar-refractivity contribution is 5.94. The summed E-state index contributed by atoms with van der Waals surface area (Å²) in [6, 6.07) is 3.15. The number of pyridine rings is 1. The minimum absolute atomic E-state index is 0.0697. The molecule has 0 unspecified atom stereocenters. The number of rotatable bonds is 5. The summed E-state index contributed by atoms with van der Waals surface area (Å²) in [6.07, 6.45) is 4.46. The van der Waals surface area contributed by atoms with Crippen LogP contribution in [-0.2, 0) is 14.4 Å². The van der Waals surface area contributed by atoms with Crippen LogP contribution >= 0.6 is 0 Å². The Balaban J connectivity index is 0.000000960. The Morgan fingerprint density at radius 1 is 1.10 bits per heavy atom. The maximum absolute atomic E-state index is 12.3. The van der Waals surface area contributed by atoms with Gasteiger partial charge in [0.15, 0.2) is 0 Å². The molecule has 0 radical (unpaired) electrons. The molecule has 1 fully saturated rings. The molecule has 3 amide bonds. The van der Waals surface area contributed by atoms with E-state index >= 15 is 0 Å². The molecule has 1 aliphatic heterocycles. The zero-order valence-electron chi connectivity index (χ0n) is 16.8. The van der Waals surface area contributed by atoms with E-state index < -0.39 is 5.97 Å². The Bertz CT molecular complexity index is 693. The molecule has 0 saturated carbocycles. The number of nitrogens with zero attached hydrogens (tertiary/aromatic N) is 2. The summed E-state index contributed by atoms with van der Waals surface area (Å²) in [4.78, 5) is 50.3. The van der Waals surface area contributed by atoms with E-state index in [0.717, 1.165) is 6.92 Å². The largest absolute Gasteiger partial charge is 0.481 e. The first-order valence-corrected chi connectivity index (χ1v) is 9.37. The number of likely N-dealkylation sites (tertiary alicyclic amines) is 1. The van der Waals surface area contributed by atoms with Crippen LogP contribution < -0.4 is 16.4 Å². The van der Waals surface area contributed by atoms with Gasteiger partial charge < -0.3 is 26.4 Å². The van der Waals surface area contributed by atoms with Gasteiger partial charge in [-0.05, 0) is 25.0 Å². The number of aromatic nitrogens is 1. The first-order valence-electron chi connectivity index (χ1n) is 9.37. The molecule has 160 valence electrons. The van der Waals surface area contributed by atoms with Gasteiger partial charge in [-0.2, -0.15) is 0 Å². The SMILES string of the molecule is CC(=O)N1C[C@@H](N)CC[C@@H](C(=O)NCCNC(=O)c2ccncc2)C1.CC(=O)O. The Labute approximate surface area is 169 Å². The van der Waals surface area contributed by atoms with Crippen molar-refractivity contribution in [2.75, 3.05) is 26.2 Å². The number of aliphatic carboxylic acids is 1. The van der Waals surface area contributed by atoms with Gasteiger partial charge in [-0.1, -0.05) is 0 Å². The smallest absolute Gasteiger partial charge is 0.300 e. The van der Waals surface area contributed by atoms with Crippen molar-refractivity contribution in [3.63, 3.8) is 0 Å². The van der Waals surface area contributed by atoms with Crippen molar-refractivity contribution in [1.82, 2.24) is 20.5 Å². The molecule has 2 heterocycles. The topological polar surface area (TPSA) is 155 Å². The van der Waals surface area contributed by atoms with Crippen molar-refractivity contribution in [3.8, 4) is 0 Å². The van der Waals surface area contributed by atoms with Crippen molar-refractivity contribution in [3.05, 3.63) is 30.1 Å². The highest BCUT2D eigenvalue weighted by Gasteiger charge is 2.28. The monoisotopic (exact) mass is 407 g/mol. The first kappa shape index (κ1) is 24.0. The van der Waals surface area contributed by atoms with Crippen molar-refractivity contribution in [2.24, 2.45) is 11.7 Å². The molecule has 29 heavy (non-hydrogen) atoms. The van der Waals surface area contributed by atoms with E-state index in [1.807, 2.05) is 0 Å². The van der Waals surface area contributed by atoms with Gasteiger partial charge in [0.05, 0.1) is 5.92 Å². The number of carboxylic acids is 1. The maximum Gasteiger partial charge on any atom is 0.300 e. The molecule has 1 aliphatic rings. The van der Waals surface area contributed by atoms with E-state index in [2.05, 4.69) is 15.6 Å². The molecule has 2 rings (SSSR count). The van der Waals surface area contributed by atoms with Gasteiger partial charge in [0.25, 0.3) is 11.9 Å². The van der Waals surface area contributed by atoms with E-state index in [0.29, 0.717) is 44.6 Å². The first-order chi connectivity index (χ1) is 13.7. The lowest BCUT2D eigenvalue weighted by atomic mass is 10.0. The Kier molecular flexibility index (Phi) is 10.3. The predicted molar refractivity (Wildman–Crippen MR) is 106 cm³/mol. The quantitative estimate of drug-likeness (QED) is 0.484. The standard InChI is InChI=1S/C17H25N5O3.C2H4O2/c1-12(23)22-10-14(2-3-15(18)11-22)17(25)21-9-8-20-16(24)13-4-6-19-7-5-13;1-2(3)4/h4-7,14-15H,2-3,8-11,18H2,1H3,(H,20,24)(H,21,25);1H3,(H,3,4)/t14-,15+;/m1./s1. The summed E-state index contributed by atoms with van der Waals surface area (Å²) in [6.45, 7) is 4.11. The number of nitrogens with two attached hydrogens (primary N) is 1. The van der Waals surface area contributed by atoms with Crippen LogP contribution in [0.3, 0.4) is 0 Å². The summed E-state index contributed by atoms with van der Waals surface area (Å²) >= 11 is 0. The van der Waals surface area contributed by atoms with Gasteiger partial charge in [-0.3, -0.25) is 24.2 Å². The van der Waals surface area contributed by atoms with E-state index in [-0.39, 0.29) is 29.7 Å². The van der Waals surface area contributed by atoms with Gasteiger partial charge in [-0.15, -0.1) is 0 Å². The summed E-state index contributed by atoms with van der Waals surface area (Å²) in [5, 5.41) is 13.0. The Morgan fingerprint density at radius 3 is 2.28 bits per heavy atom. The molecule has 1 aromatic rings. The molecule has 1 aromatic heterocycles. The van der Waals surface area contributed by atoms with Gasteiger partial charge in [-0.25, -0.2) is 0 Å². The predicted octanol–water partition coefficient (Wildman–Crippen LogP) is -0.396. The lowest BCUT2D eigenvalue weighted by Crippen LogP contribution is -2.43. The average Bonchev–Trinajstić information content (AvgIpc) is 2.87. The van der Waals surface area contributed by atoms with Gasteiger partial charge in [0.2, 0.25) is 11.8 Å². The molecule has 10 heteroatoms. The minimum Gasteiger partial charge on any atom is -0.481 e. The van der Waals surface area contributed by atoms with Gasteiger partial charge >= 0.3 is 0 Å². The number of nitrogens with one attached hydrogen (secondary N) is 2. The molecule has 10 nitrogen and oxygen atoms in total. The fourth-order valence-electron chi connectivity index (χ4n) is 2.80. The second-order valence-corrected chi connectivity index (χ2v) is 6.76. The molecule has 5 N–H and O–H groups in total. The number of carbonyl (C=O) groups excluding carboxylic acids is 3. The van der Waals surface area contributed by atoms with Crippen molar-refractivity contribution in [1.29, 1.82) is 0 Å². The molecule has 0 bridgehead atoms. The molecule has 0 spiro atoms. The van der Waals surface area contributed by atoms with Crippen molar-refractivity contribution in [2.45, 2.75) is 32.7 Å². The van der Waals surface area contributed by atoms with Crippen LogP contribution in [0.5, 0.6) is 0 Å². The molecular formula is C19H29N5O5. The number of carbonyl (C=O) groups is 4. The number of amides is 3. The highest BCUT2D eigenvalue weighted by atomic mass is 16.4. The summed E-state index contributed by atoms with van der Waals surface area (Å²) < 4.78 is 0. The van der Waals surface area contributed by atoms with Crippen LogP contribution in [0.15, 0.2) is 24.5 Å². The zero-order valence-corrected chi connectivity index (χ0v) is 16.8. The van der Waals surface area contributed by atoms with Crippen molar-refractivity contribution >= 4 is 23.7 Å². The van der Waals surface area contributed by atoms with Crippen LogP contribution in [0, 0.1) is 5.92 Å². The number of carboxylic acid groups (broad SMARTS) is 1. The van der Waals surface area contributed by atoms with Crippen LogP contribution in [0.4, 0.5) is 0 Å². The molecule has 0 aliphatic carbocycles. The zero-order chi connectivity index (χ0) is 21.8. The van der Waals surface area contributed by atoms with E-state index in [1.165, 1.54) is 6.92 Å². The lowest BCUT2D eigenvalue weighted by Gasteiger charge is -2.23. The number of hydrogen-bond acceptors (Lipinski definition) is 6. The Hall–Kier alpha value is -3.01. The Morgan fingerprint density at radius 2 is 1.69 bits per heavy atom. The van der Waals surface area contributed by atoms with Gasteiger partial charge in [0.1, 0.15) is 0 Å². The summed E-state index contributed by atoms with van der Waals surface area (Å²) in [5.41, 5.74) is 6.48. The van der Waals surface area contributed by atoms with Crippen molar-refractivity contribution < 1.29 is 24.3 Å². The summed E-state index contributed by atoms with van der Waals surface area (Å²) in [5.74, 6) is -1.49. The lowest BCUT2D eigenvalue weighted by molar-refractivity contribution is -0.134. The normalized spacial score (nSPS) is 18.5. The highest BCUT2D eigenvalue weighted by Crippen LogP contribution is 2.16. The van der Waals surface area contributed by atoms with Gasteiger partial charge in [0, 0.05) is 64.0 Å². The molecule has 1 saturated heterocycles. The molecule has 2 atom stereocenters. The van der Waals surface area contributed by atoms with E-state index in [4.69, 9.17) is 15.6 Å². The fourth-order valence-corrected chi connectivity index (χ4v) is 2.80. The number of hydrogen-bond donors (Lipinski definition) is 4. The van der Waals surface area contributed by atoms with Crippen LogP contribution in [-0.4, -0.2) is 70.9 Å². The fraction of sp³-hybridized carbons (Fsp3) is 0.526. The van der Waals surface area contributed by atoms with Crippen LogP contribution in [0.1, 0.15) is 37.0 Å². The average molecular weight is 407 g/mol. The van der Waals surface area contributed by atoms with Crippen LogP contribution in [0.25, 0.3) is 0 Å². The second-order valence-electron chi connectivity index (χ2n) is 6.76. The van der Waals surface area contributed by atoms with E-state index in [9.17, 15) is 14.4 Å². The molecule has 0 aromatic carbocycles.